The van der Waals surface area contributed by atoms with E-state index in [4.69, 9.17) is 5.26 Å². The summed E-state index contributed by atoms with van der Waals surface area (Å²) in [6.45, 7) is 4.01. The first-order chi connectivity index (χ1) is 7.17. The average Bonchev–Trinajstić information content (AvgIpc) is 2.18. The molecule has 0 bridgehead atoms. The maximum Gasteiger partial charge on any atom is 0.144 e. The molecule has 0 aliphatic carbocycles. The molecule has 0 radical (unpaired) electrons. The summed E-state index contributed by atoms with van der Waals surface area (Å²) in [5.74, 6) is 1.69. The molecule has 4 heteroatoms. The first kappa shape index (κ1) is 11.9. The molecule has 1 aromatic heterocycles. The molecule has 80 valence electrons. The van der Waals surface area contributed by atoms with E-state index >= 15 is 0 Å². The summed E-state index contributed by atoms with van der Waals surface area (Å²) in [4.78, 5) is 4.32. The van der Waals surface area contributed by atoms with Crippen molar-refractivity contribution < 1.29 is 0 Å². The zero-order valence-corrected chi connectivity index (χ0v) is 10.1. The van der Waals surface area contributed by atoms with E-state index in [1.807, 2.05) is 13.0 Å². The van der Waals surface area contributed by atoms with Crippen LogP contribution in [0.1, 0.15) is 18.2 Å². The number of anilines is 1. The van der Waals surface area contributed by atoms with Crippen molar-refractivity contribution in [1.82, 2.24) is 4.98 Å². The van der Waals surface area contributed by atoms with Crippen LogP contribution in [0, 0.1) is 18.3 Å². The molecule has 0 aliphatic rings. The van der Waals surface area contributed by atoms with Crippen LogP contribution in [0.15, 0.2) is 12.1 Å². The minimum Gasteiger partial charge on any atom is -0.366 e. The average molecular weight is 221 g/mol. The Labute approximate surface area is 94.9 Å². The van der Waals surface area contributed by atoms with Crippen LogP contribution >= 0.6 is 11.8 Å². The van der Waals surface area contributed by atoms with Gasteiger partial charge >= 0.3 is 0 Å². The molecule has 1 N–H and O–H groups in total. The monoisotopic (exact) mass is 221 g/mol. The van der Waals surface area contributed by atoms with Crippen LogP contribution in [0.2, 0.25) is 0 Å². The van der Waals surface area contributed by atoms with Gasteiger partial charge in [0.25, 0.3) is 0 Å². The first-order valence-corrected chi connectivity index (χ1v) is 6.20. The van der Waals surface area contributed by atoms with E-state index in [0.29, 0.717) is 17.4 Å². The van der Waals surface area contributed by atoms with E-state index in [0.717, 1.165) is 11.4 Å². The minimum atomic E-state index is 0.321. The van der Waals surface area contributed by atoms with Crippen molar-refractivity contribution in [3.63, 3.8) is 0 Å². The zero-order valence-electron chi connectivity index (χ0n) is 9.24. The first-order valence-electron chi connectivity index (χ1n) is 4.80. The molecule has 0 aliphatic heterocycles. The lowest BCUT2D eigenvalue weighted by atomic mass is 10.2. The smallest absolute Gasteiger partial charge is 0.144 e. The Morgan fingerprint density at radius 2 is 2.33 bits per heavy atom. The maximum atomic E-state index is 8.92. The second-order valence-electron chi connectivity index (χ2n) is 3.46. The van der Waals surface area contributed by atoms with Gasteiger partial charge in [-0.2, -0.15) is 17.0 Å². The molecule has 1 atom stereocenters. The van der Waals surface area contributed by atoms with Crippen LogP contribution in [0.25, 0.3) is 0 Å². The Kier molecular flexibility index (Phi) is 4.44. The zero-order chi connectivity index (χ0) is 11.3. The number of pyridine rings is 1. The molecule has 0 saturated heterocycles. The van der Waals surface area contributed by atoms with Gasteiger partial charge in [-0.05, 0) is 32.2 Å². The lowest BCUT2D eigenvalue weighted by Crippen LogP contribution is -2.19. The van der Waals surface area contributed by atoms with Crippen molar-refractivity contribution in [2.75, 3.05) is 17.3 Å². The third-order valence-corrected chi connectivity index (χ3v) is 2.79. The van der Waals surface area contributed by atoms with Crippen LogP contribution in [-0.4, -0.2) is 23.0 Å². The van der Waals surface area contributed by atoms with Gasteiger partial charge in [0.2, 0.25) is 0 Å². The molecular weight excluding hydrogens is 206 g/mol. The van der Waals surface area contributed by atoms with Gasteiger partial charge in [-0.15, -0.1) is 0 Å². The van der Waals surface area contributed by atoms with Crippen molar-refractivity contribution in [2.45, 2.75) is 19.9 Å². The number of rotatable bonds is 4. The van der Waals surface area contributed by atoms with Crippen molar-refractivity contribution in [3.05, 3.63) is 23.4 Å². The van der Waals surface area contributed by atoms with Gasteiger partial charge in [0.15, 0.2) is 0 Å². The topological polar surface area (TPSA) is 48.7 Å². The molecule has 0 fully saturated rings. The Bertz CT molecular complexity index is 371. The minimum absolute atomic E-state index is 0.321. The Morgan fingerprint density at radius 3 is 2.93 bits per heavy atom. The second kappa shape index (κ2) is 5.62. The quantitative estimate of drug-likeness (QED) is 0.848. The van der Waals surface area contributed by atoms with Gasteiger partial charge in [0.05, 0.1) is 5.56 Å². The maximum absolute atomic E-state index is 8.92. The molecule has 1 rings (SSSR count). The molecule has 0 spiro atoms. The van der Waals surface area contributed by atoms with Gasteiger partial charge < -0.3 is 5.32 Å². The number of hydrogen-bond donors (Lipinski definition) is 1. The number of aryl methyl sites for hydroxylation is 1. The number of nitriles is 1. The van der Waals surface area contributed by atoms with Gasteiger partial charge in [-0.25, -0.2) is 4.98 Å². The van der Waals surface area contributed by atoms with Gasteiger partial charge in [-0.1, -0.05) is 0 Å². The highest BCUT2D eigenvalue weighted by molar-refractivity contribution is 7.98. The molecule has 0 amide bonds. The van der Waals surface area contributed by atoms with Crippen LogP contribution in [-0.2, 0) is 0 Å². The van der Waals surface area contributed by atoms with Crippen molar-refractivity contribution in [2.24, 2.45) is 0 Å². The Hall–Kier alpha value is -1.21. The summed E-state index contributed by atoms with van der Waals surface area (Å²) >= 11 is 1.77. The lowest BCUT2D eigenvalue weighted by Gasteiger charge is -2.14. The molecule has 1 aromatic rings. The van der Waals surface area contributed by atoms with Gasteiger partial charge in [0, 0.05) is 17.5 Å². The SMILES string of the molecule is CSCC(C)Nc1nc(C)ccc1C#N. The van der Waals surface area contributed by atoms with Crippen molar-refractivity contribution in [3.8, 4) is 6.07 Å². The molecular formula is C11H15N3S. The fourth-order valence-electron chi connectivity index (χ4n) is 1.28. The van der Waals surface area contributed by atoms with E-state index in [-0.39, 0.29) is 0 Å². The van der Waals surface area contributed by atoms with E-state index < -0.39 is 0 Å². The number of aromatic nitrogens is 1. The summed E-state index contributed by atoms with van der Waals surface area (Å²) in [6.07, 6.45) is 2.06. The number of nitrogens with one attached hydrogen (secondary N) is 1. The lowest BCUT2D eigenvalue weighted by molar-refractivity contribution is 0.899. The highest BCUT2D eigenvalue weighted by Crippen LogP contribution is 2.14. The van der Waals surface area contributed by atoms with Crippen LogP contribution in [0.3, 0.4) is 0 Å². The summed E-state index contributed by atoms with van der Waals surface area (Å²) in [5.41, 5.74) is 1.53. The van der Waals surface area contributed by atoms with Crippen LogP contribution in [0.4, 0.5) is 5.82 Å². The predicted octanol–water partition coefficient (Wildman–Crippen LogP) is 2.43. The molecule has 3 nitrogen and oxygen atoms in total. The summed E-state index contributed by atoms with van der Waals surface area (Å²) in [6, 6.07) is 6.11. The van der Waals surface area contributed by atoms with Gasteiger partial charge in [-0.3, -0.25) is 0 Å². The number of nitrogens with zero attached hydrogens (tertiary/aromatic N) is 2. The molecule has 0 saturated carbocycles. The van der Waals surface area contributed by atoms with E-state index in [1.54, 1.807) is 17.8 Å². The standard InChI is InChI=1S/C11H15N3S/c1-8-4-5-10(6-12)11(13-8)14-9(2)7-15-3/h4-5,9H,7H2,1-3H3,(H,13,14). The Balaban J connectivity index is 2.83. The molecule has 0 aromatic carbocycles. The third kappa shape index (κ3) is 3.45. The highest BCUT2D eigenvalue weighted by atomic mass is 32.2. The molecule has 1 unspecified atom stereocenters. The Morgan fingerprint density at radius 1 is 1.60 bits per heavy atom. The normalized spacial score (nSPS) is 11.9. The van der Waals surface area contributed by atoms with E-state index in [1.165, 1.54) is 0 Å². The second-order valence-corrected chi connectivity index (χ2v) is 4.37. The summed E-state index contributed by atoms with van der Waals surface area (Å²) < 4.78 is 0. The predicted molar refractivity (Wildman–Crippen MR) is 65.2 cm³/mol. The van der Waals surface area contributed by atoms with Crippen LogP contribution in [0.5, 0.6) is 0 Å². The largest absolute Gasteiger partial charge is 0.366 e. The third-order valence-electron chi connectivity index (χ3n) is 1.95. The van der Waals surface area contributed by atoms with Crippen molar-refractivity contribution >= 4 is 17.6 Å². The molecule has 1 heterocycles. The number of thioether (sulfide) groups is 1. The van der Waals surface area contributed by atoms with Crippen LogP contribution < -0.4 is 5.32 Å². The van der Waals surface area contributed by atoms with Crippen molar-refractivity contribution in [1.29, 1.82) is 5.26 Å². The van der Waals surface area contributed by atoms with Gasteiger partial charge in [0.1, 0.15) is 11.9 Å². The summed E-state index contributed by atoms with van der Waals surface area (Å²) in [5, 5.41) is 12.2. The highest BCUT2D eigenvalue weighted by Gasteiger charge is 2.07. The number of hydrogen-bond acceptors (Lipinski definition) is 4. The van der Waals surface area contributed by atoms with E-state index in [9.17, 15) is 0 Å². The molecule has 15 heavy (non-hydrogen) atoms. The fourth-order valence-corrected chi connectivity index (χ4v) is 1.87. The fraction of sp³-hybridized carbons (Fsp3) is 0.455. The van der Waals surface area contributed by atoms with E-state index in [2.05, 4.69) is 29.5 Å². The summed E-state index contributed by atoms with van der Waals surface area (Å²) in [7, 11) is 0.